The van der Waals surface area contributed by atoms with E-state index in [2.05, 4.69) is 6.92 Å². The number of benzene rings is 2. The maximum atomic E-state index is 14.2. The third-order valence-electron chi connectivity index (χ3n) is 4.90. The maximum Gasteiger partial charge on any atom is 0.232 e. The predicted octanol–water partition coefficient (Wildman–Crippen LogP) is 3.28. The Balaban J connectivity index is 1.76. The highest BCUT2D eigenvalue weighted by molar-refractivity contribution is 6.04. The molecule has 1 atom stereocenters. The Morgan fingerprint density at radius 3 is 2.59 bits per heavy atom. The molecule has 138 valence electrons. The number of amides is 2. The number of nitrogens with zero attached hydrogens (tertiary/aromatic N) is 3. The molecule has 27 heavy (non-hydrogen) atoms. The number of rotatable bonds is 4. The van der Waals surface area contributed by atoms with Crippen molar-refractivity contribution in [3.05, 3.63) is 59.4 Å². The summed E-state index contributed by atoms with van der Waals surface area (Å²) in [5.41, 5.74) is 2.22. The lowest BCUT2D eigenvalue weighted by atomic mass is 10.1. The zero-order valence-electron chi connectivity index (χ0n) is 15.3. The molecule has 6 heteroatoms. The lowest BCUT2D eigenvalue weighted by Gasteiger charge is -2.22. The molecule has 0 saturated carbocycles. The number of carbonyl (C=O) groups is 2. The molecule has 2 aromatic rings. The second-order valence-corrected chi connectivity index (χ2v) is 6.60. The molecule has 0 radical (unpaired) electrons. The van der Waals surface area contributed by atoms with Gasteiger partial charge in [0.2, 0.25) is 11.8 Å². The van der Waals surface area contributed by atoms with Gasteiger partial charge >= 0.3 is 0 Å². The van der Waals surface area contributed by atoms with Crippen LogP contribution in [0.2, 0.25) is 0 Å². The first-order chi connectivity index (χ1) is 12.9. The van der Waals surface area contributed by atoms with Crippen LogP contribution in [-0.2, 0) is 16.0 Å². The van der Waals surface area contributed by atoms with Gasteiger partial charge in [0, 0.05) is 25.7 Å². The summed E-state index contributed by atoms with van der Waals surface area (Å²) < 4.78 is 14.2. The van der Waals surface area contributed by atoms with E-state index in [9.17, 15) is 14.0 Å². The average Bonchev–Trinajstić information content (AvgIpc) is 3.08. The van der Waals surface area contributed by atoms with E-state index in [1.165, 1.54) is 29.6 Å². The van der Waals surface area contributed by atoms with E-state index < -0.39 is 11.7 Å². The Kier molecular flexibility index (Phi) is 5.22. The van der Waals surface area contributed by atoms with Crippen molar-refractivity contribution in [3.8, 4) is 6.07 Å². The fourth-order valence-corrected chi connectivity index (χ4v) is 3.28. The zero-order valence-corrected chi connectivity index (χ0v) is 15.3. The molecule has 1 fully saturated rings. The largest absolute Gasteiger partial charge is 0.312 e. The van der Waals surface area contributed by atoms with Crippen molar-refractivity contribution >= 4 is 23.2 Å². The van der Waals surface area contributed by atoms with Gasteiger partial charge in [0.05, 0.1) is 23.2 Å². The summed E-state index contributed by atoms with van der Waals surface area (Å²) in [5, 5.41) is 8.83. The lowest BCUT2D eigenvalue weighted by molar-refractivity contribution is -0.124. The number of nitriles is 1. The summed E-state index contributed by atoms with van der Waals surface area (Å²) in [6.07, 6.45) is 1.01. The summed E-state index contributed by atoms with van der Waals surface area (Å²) >= 11 is 0. The van der Waals surface area contributed by atoms with E-state index in [4.69, 9.17) is 5.26 Å². The van der Waals surface area contributed by atoms with Gasteiger partial charge in [-0.3, -0.25) is 9.59 Å². The Hall–Kier alpha value is -3.20. The Labute approximate surface area is 157 Å². The fourth-order valence-electron chi connectivity index (χ4n) is 3.28. The van der Waals surface area contributed by atoms with Gasteiger partial charge in [-0.05, 0) is 42.3 Å². The number of halogens is 1. The molecule has 0 spiro atoms. The summed E-state index contributed by atoms with van der Waals surface area (Å²) in [6.45, 7) is 2.33. The van der Waals surface area contributed by atoms with Crippen LogP contribution in [0.15, 0.2) is 42.5 Å². The van der Waals surface area contributed by atoms with Crippen molar-refractivity contribution < 1.29 is 14.0 Å². The lowest BCUT2D eigenvalue weighted by Crippen LogP contribution is -2.35. The number of carbonyl (C=O) groups excluding carboxylic acids is 2. The molecule has 0 bridgehead atoms. The molecular weight excluding hydrogens is 345 g/mol. The number of hydrogen-bond acceptors (Lipinski definition) is 3. The first kappa shape index (κ1) is 18.6. The smallest absolute Gasteiger partial charge is 0.232 e. The van der Waals surface area contributed by atoms with Crippen LogP contribution in [0, 0.1) is 23.1 Å². The number of hydrogen-bond donors (Lipinski definition) is 0. The van der Waals surface area contributed by atoms with Crippen molar-refractivity contribution in [1.29, 1.82) is 5.26 Å². The van der Waals surface area contributed by atoms with Crippen molar-refractivity contribution in [2.75, 3.05) is 23.4 Å². The summed E-state index contributed by atoms with van der Waals surface area (Å²) in [7, 11) is 1.48. The third-order valence-corrected chi connectivity index (χ3v) is 4.90. The molecule has 5 nitrogen and oxygen atoms in total. The molecule has 1 saturated heterocycles. The monoisotopic (exact) mass is 365 g/mol. The van der Waals surface area contributed by atoms with E-state index in [1.807, 2.05) is 30.3 Å². The predicted molar refractivity (Wildman–Crippen MR) is 101 cm³/mol. The van der Waals surface area contributed by atoms with Crippen LogP contribution >= 0.6 is 0 Å². The highest BCUT2D eigenvalue weighted by Gasteiger charge is 2.37. The third kappa shape index (κ3) is 3.68. The van der Waals surface area contributed by atoms with E-state index in [-0.39, 0.29) is 36.0 Å². The first-order valence-corrected chi connectivity index (χ1v) is 8.81. The van der Waals surface area contributed by atoms with Crippen LogP contribution in [0.5, 0.6) is 0 Å². The van der Waals surface area contributed by atoms with Gasteiger partial charge in [-0.25, -0.2) is 4.39 Å². The summed E-state index contributed by atoms with van der Waals surface area (Å²) in [5.74, 6) is -1.62. The molecule has 0 aromatic heterocycles. The molecule has 1 aliphatic rings. The molecule has 1 aliphatic heterocycles. The van der Waals surface area contributed by atoms with Gasteiger partial charge in [0.25, 0.3) is 0 Å². The van der Waals surface area contributed by atoms with Gasteiger partial charge in [-0.15, -0.1) is 0 Å². The first-order valence-electron chi connectivity index (χ1n) is 8.81. The Morgan fingerprint density at radius 2 is 2.00 bits per heavy atom. The topological polar surface area (TPSA) is 64.4 Å². The second-order valence-electron chi connectivity index (χ2n) is 6.60. The van der Waals surface area contributed by atoms with Crippen molar-refractivity contribution in [2.45, 2.75) is 19.8 Å². The van der Waals surface area contributed by atoms with Crippen molar-refractivity contribution in [1.82, 2.24) is 0 Å². The fraction of sp³-hybridized carbons (Fsp3) is 0.286. The number of aryl methyl sites for hydroxylation is 1. The van der Waals surface area contributed by atoms with Gasteiger partial charge in [-0.1, -0.05) is 19.1 Å². The molecule has 2 aromatic carbocycles. The molecule has 1 heterocycles. The van der Waals surface area contributed by atoms with E-state index in [1.54, 1.807) is 4.90 Å². The molecule has 0 N–H and O–H groups in total. The van der Waals surface area contributed by atoms with E-state index >= 15 is 0 Å². The molecule has 2 amide bonds. The zero-order chi connectivity index (χ0) is 19.6. The SMILES string of the molecule is CCc1ccc(N2C[C@@H](C(=O)N(C)c3ccc(C#N)cc3F)CC2=O)cc1. The normalized spacial score (nSPS) is 16.3. The average molecular weight is 365 g/mol. The van der Waals surface area contributed by atoms with Gasteiger partial charge in [0.15, 0.2) is 0 Å². The van der Waals surface area contributed by atoms with Crippen molar-refractivity contribution in [2.24, 2.45) is 5.92 Å². The van der Waals surface area contributed by atoms with Gasteiger partial charge in [-0.2, -0.15) is 5.26 Å². The summed E-state index contributed by atoms with van der Waals surface area (Å²) in [4.78, 5) is 28.0. The minimum Gasteiger partial charge on any atom is -0.312 e. The maximum absolute atomic E-state index is 14.2. The highest BCUT2D eigenvalue weighted by Crippen LogP contribution is 2.28. The van der Waals surface area contributed by atoms with Crippen LogP contribution < -0.4 is 9.80 Å². The molecule has 0 aliphatic carbocycles. The Morgan fingerprint density at radius 1 is 1.30 bits per heavy atom. The minimum absolute atomic E-state index is 0.0938. The Bertz CT molecular complexity index is 918. The van der Waals surface area contributed by atoms with Crippen LogP contribution in [0.25, 0.3) is 0 Å². The van der Waals surface area contributed by atoms with E-state index in [0.29, 0.717) is 0 Å². The van der Waals surface area contributed by atoms with Gasteiger partial charge in [0.1, 0.15) is 5.82 Å². The highest BCUT2D eigenvalue weighted by atomic mass is 19.1. The van der Waals surface area contributed by atoms with Crippen LogP contribution in [-0.4, -0.2) is 25.4 Å². The molecule has 0 unspecified atom stereocenters. The van der Waals surface area contributed by atoms with Crippen molar-refractivity contribution in [3.63, 3.8) is 0 Å². The standard InChI is InChI=1S/C21H20FN3O2/c1-3-14-4-7-17(8-5-14)25-13-16(11-20(25)26)21(27)24(2)19-9-6-15(12-23)10-18(19)22/h4-10,16H,3,11,13H2,1-2H3/t16-/m0/s1. The number of anilines is 2. The minimum atomic E-state index is -0.638. The van der Waals surface area contributed by atoms with Crippen LogP contribution in [0.4, 0.5) is 15.8 Å². The molecule has 3 rings (SSSR count). The quantitative estimate of drug-likeness (QED) is 0.835. The second kappa shape index (κ2) is 7.58. The van der Waals surface area contributed by atoms with Gasteiger partial charge < -0.3 is 9.80 Å². The summed E-state index contributed by atoms with van der Waals surface area (Å²) in [6, 6.07) is 13.5. The van der Waals surface area contributed by atoms with Crippen LogP contribution in [0.3, 0.4) is 0 Å². The van der Waals surface area contributed by atoms with E-state index in [0.717, 1.165) is 18.2 Å². The van der Waals surface area contributed by atoms with Crippen LogP contribution in [0.1, 0.15) is 24.5 Å². The molecular formula is C21H20FN3O2.